The fourth-order valence-corrected chi connectivity index (χ4v) is 4.60. The lowest BCUT2D eigenvalue weighted by molar-refractivity contribution is 0.0755. The largest absolute Gasteiger partial charge is 0.497 e. The maximum atomic E-state index is 13.2. The van der Waals surface area contributed by atoms with Crippen molar-refractivity contribution in [2.75, 3.05) is 26.5 Å². The first-order chi connectivity index (χ1) is 13.6. The lowest BCUT2D eigenvalue weighted by atomic mass is 10.1. The van der Waals surface area contributed by atoms with E-state index in [-0.39, 0.29) is 16.8 Å². The number of hydrogen-bond acceptors (Lipinski definition) is 6. The Hall–Kier alpha value is -2.93. The quantitative estimate of drug-likeness (QED) is 0.626. The molecule has 6 nitrogen and oxygen atoms in total. The number of rotatable bonds is 4. The summed E-state index contributed by atoms with van der Waals surface area (Å²) in [7, 11) is 3.19. The molecule has 1 aliphatic heterocycles. The molecule has 1 fully saturated rings. The predicted molar refractivity (Wildman–Crippen MR) is 108 cm³/mol. The van der Waals surface area contributed by atoms with Crippen molar-refractivity contribution in [2.45, 2.75) is 5.37 Å². The summed E-state index contributed by atoms with van der Waals surface area (Å²) in [6, 6.07) is 14.3. The second-order valence-electron chi connectivity index (χ2n) is 6.31. The highest BCUT2D eigenvalue weighted by molar-refractivity contribution is 7.99. The number of carbonyl (C=O) groups is 1. The maximum absolute atomic E-state index is 13.2. The van der Waals surface area contributed by atoms with Gasteiger partial charge in [-0.1, -0.05) is 18.2 Å². The Morgan fingerprint density at radius 3 is 2.75 bits per heavy atom. The summed E-state index contributed by atoms with van der Waals surface area (Å²) >= 11 is 1.62. The second kappa shape index (κ2) is 7.59. The van der Waals surface area contributed by atoms with E-state index in [0.717, 1.165) is 11.3 Å². The number of thioether (sulfide) groups is 1. The Morgan fingerprint density at radius 1 is 1.14 bits per heavy atom. The summed E-state index contributed by atoms with van der Waals surface area (Å²) in [5.41, 5.74) is 0.707. The van der Waals surface area contributed by atoms with E-state index < -0.39 is 5.63 Å². The van der Waals surface area contributed by atoms with Crippen LogP contribution in [-0.2, 0) is 0 Å². The zero-order valence-corrected chi connectivity index (χ0v) is 16.3. The van der Waals surface area contributed by atoms with Crippen molar-refractivity contribution in [3.63, 3.8) is 0 Å². The molecule has 1 atom stereocenters. The minimum absolute atomic E-state index is 0.0352. The van der Waals surface area contributed by atoms with E-state index in [1.165, 1.54) is 0 Å². The number of amides is 1. The molecule has 2 heterocycles. The second-order valence-corrected chi connectivity index (χ2v) is 7.50. The van der Waals surface area contributed by atoms with Gasteiger partial charge >= 0.3 is 5.63 Å². The first kappa shape index (κ1) is 18.4. The van der Waals surface area contributed by atoms with Crippen LogP contribution in [0.2, 0.25) is 0 Å². The molecule has 0 radical (unpaired) electrons. The first-order valence-electron chi connectivity index (χ1n) is 8.80. The predicted octanol–water partition coefficient (Wildman–Crippen LogP) is 3.70. The number of benzene rings is 2. The molecule has 1 aromatic heterocycles. The van der Waals surface area contributed by atoms with Crippen LogP contribution in [0.4, 0.5) is 0 Å². The molecule has 7 heteroatoms. The molecule has 0 N–H and O–H groups in total. The van der Waals surface area contributed by atoms with Crippen molar-refractivity contribution < 1.29 is 18.7 Å². The maximum Gasteiger partial charge on any atom is 0.349 e. The van der Waals surface area contributed by atoms with Crippen molar-refractivity contribution >= 4 is 28.6 Å². The van der Waals surface area contributed by atoms with Crippen molar-refractivity contribution in [1.82, 2.24) is 4.90 Å². The monoisotopic (exact) mass is 397 g/mol. The minimum Gasteiger partial charge on any atom is -0.497 e. The highest BCUT2D eigenvalue weighted by Crippen LogP contribution is 2.43. The van der Waals surface area contributed by atoms with Gasteiger partial charge in [-0.3, -0.25) is 4.79 Å². The molecular weight excluding hydrogens is 378 g/mol. The van der Waals surface area contributed by atoms with Gasteiger partial charge in [-0.05, 0) is 30.3 Å². The van der Waals surface area contributed by atoms with E-state index in [4.69, 9.17) is 13.9 Å². The molecular formula is C21H19NO5S. The number of fused-ring (bicyclic) bond motifs is 1. The molecule has 1 amide bonds. The highest BCUT2D eigenvalue weighted by Gasteiger charge is 2.34. The van der Waals surface area contributed by atoms with E-state index in [9.17, 15) is 9.59 Å². The standard InChI is InChI=1S/C21H19NO5S/c1-25-14-7-8-18(26-2)15(12-14)20-22(9-10-28-20)19(23)16-11-13-5-3-4-6-17(13)27-21(16)24/h3-8,11-12,20H,9-10H2,1-2H3/t20-/m0/s1. The van der Waals surface area contributed by atoms with Gasteiger partial charge in [0.05, 0.1) is 14.2 Å². The number of nitrogens with zero attached hydrogens (tertiary/aromatic N) is 1. The molecule has 144 valence electrons. The van der Waals surface area contributed by atoms with E-state index in [1.54, 1.807) is 49.1 Å². The summed E-state index contributed by atoms with van der Waals surface area (Å²) in [6.45, 7) is 0.529. The number of hydrogen-bond donors (Lipinski definition) is 0. The van der Waals surface area contributed by atoms with E-state index in [1.807, 2.05) is 30.3 Å². The molecule has 0 spiro atoms. The van der Waals surface area contributed by atoms with Crippen LogP contribution >= 0.6 is 11.8 Å². The van der Waals surface area contributed by atoms with Gasteiger partial charge in [-0.15, -0.1) is 11.8 Å². The van der Waals surface area contributed by atoms with E-state index >= 15 is 0 Å². The Labute approximate surface area is 166 Å². The summed E-state index contributed by atoms with van der Waals surface area (Å²) < 4.78 is 16.2. The SMILES string of the molecule is COc1ccc(OC)c([C@@H]2SCCN2C(=O)c2cc3ccccc3oc2=O)c1. The fourth-order valence-electron chi connectivity index (χ4n) is 3.33. The van der Waals surface area contributed by atoms with Gasteiger partial charge in [0.15, 0.2) is 0 Å². The average Bonchev–Trinajstić information content (AvgIpc) is 3.22. The average molecular weight is 397 g/mol. The van der Waals surface area contributed by atoms with Gasteiger partial charge < -0.3 is 18.8 Å². The topological polar surface area (TPSA) is 69.0 Å². The van der Waals surface area contributed by atoms with Crippen molar-refractivity contribution in [3.05, 3.63) is 70.1 Å². The molecule has 0 saturated carbocycles. The number of carbonyl (C=O) groups excluding carboxylic acids is 1. The number of methoxy groups -OCH3 is 2. The number of para-hydroxylation sites is 1. The normalized spacial score (nSPS) is 16.4. The summed E-state index contributed by atoms with van der Waals surface area (Å²) in [5, 5.41) is 0.441. The van der Waals surface area contributed by atoms with Gasteiger partial charge in [0.25, 0.3) is 5.91 Å². The molecule has 1 saturated heterocycles. The smallest absolute Gasteiger partial charge is 0.349 e. The van der Waals surface area contributed by atoms with Crippen LogP contribution in [0.3, 0.4) is 0 Å². The lowest BCUT2D eigenvalue weighted by Crippen LogP contribution is -2.33. The van der Waals surface area contributed by atoms with Crippen LogP contribution < -0.4 is 15.1 Å². The Kier molecular flexibility index (Phi) is 5.00. The van der Waals surface area contributed by atoms with Crippen LogP contribution in [-0.4, -0.2) is 37.3 Å². The zero-order valence-electron chi connectivity index (χ0n) is 15.5. The van der Waals surface area contributed by atoms with E-state index in [2.05, 4.69) is 0 Å². The number of ether oxygens (including phenoxy) is 2. The van der Waals surface area contributed by atoms with Crippen LogP contribution in [0.15, 0.2) is 57.7 Å². The van der Waals surface area contributed by atoms with Crippen LogP contribution in [0.1, 0.15) is 21.3 Å². The molecule has 1 aliphatic rings. The van der Waals surface area contributed by atoms with Crippen molar-refractivity contribution in [2.24, 2.45) is 0 Å². The van der Waals surface area contributed by atoms with Gasteiger partial charge in [0, 0.05) is 23.2 Å². The van der Waals surface area contributed by atoms with Gasteiger partial charge in [-0.25, -0.2) is 4.79 Å². The fraction of sp³-hybridized carbons (Fsp3) is 0.238. The zero-order chi connectivity index (χ0) is 19.7. The van der Waals surface area contributed by atoms with Crippen LogP contribution in [0.25, 0.3) is 11.0 Å². The third-order valence-corrected chi connectivity index (χ3v) is 5.97. The molecule has 3 aromatic rings. The first-order valence-corrected chi connectivity index (χ1v) is 9.84. The molecule has 0 aliphatic carbocycles. The molecule has 4 rings (SSSR count). The third kappa shape index (κ3) is 3.22. The van der Waals surface area contributed by atoms with Crippen LogP contribution in [0.5, 0.6) is 11.5 Å². The summed E-state index contributed by atoms with van der Waals surface area (Å²) in [4.78, 5) is 27.3. The van der Waals surface area contributed by atoms with Crippen LogP contribution in [0, 0.1) is 0 Å². The summed E-state index contributed by atoms with van der Waals surface area (Å²) in [5.74, 6) is 1.76. The van der Waals surface area contributed by atoms with Crippen molar-refractivity contribution in [3.8, 4) is 11.5 Å². The van der Waals surface area contributed by atoms with Gasteiger partial charge in [-0.2, -0.15) is 0 Å². The molecule has 2 aromatic carbocycles. The molecule has 28 heavy (non-hydrogen) atoms. The van der Waals surface area contributed by atoms with Gasteiger partial charge in [0.1, 0.15) is 28.0 Å². The van der Waals surface area contributed by atoms with Gasteiger partial charge in [0.2, 0.25) is 0 Å². The third-order valence-electron chi connectivity index (χ3n) is 4.73. The Balaban J connectivity index is 1.74. The Bertz CT molecular complexity index is 1090. The molecule has 0 unspecified atom stereocenters. The van der Waals surface area contributed by atoms with Crippen molar-refractivity contribution in [1.29, 1.82) is 0 Å². The minimum atomic E-state index is -0.628. The Morgan fingerprint density at radius 2 is 1.96 bits per heavy atom. The highest BCUT2D eigenvalue weighted by atomic mass is 32.2. The molecule has 0 bridgehead atoms. The van der Waals surface area contributed by atoms with E-state index in [0.29, 0.717) is 29.0 Å². The summed E-state index contributed by atoms with van der Waals surface area (Å²) in [6.07, 6.45) is 0. The lowest BCUT2D eigenvalue weighted by Gasteiger charge is -2.25.